The fraction of sp³-hybridized carbons (Fsp3) is 0.0625. The number of imidazole rings is 1. The Morgan fingerprint density at radius 2 is 1.86 bits per heavy atom. The van der Waals surface area contributed by atoms with Crippen LogP contribution in [0.1, 0.15) is 5.56 Å². The molecule has 106 valence electrons. The van der Waals surface area contributed by atoms with Gasteiger partial charge in [-0.15, -0.1) is 0 Å². The van der Waals surface area contributed by atoms with Gasteiger partial charge in [-0.05, 0) is 23.8 Å². The van der Waals surface area contributed by atoms with Gasteiger partial charge in [0.05, 0.1) is 18.2 Å². The number of halogens is 2. The normalized spacial score (nSPS) is 10.6. The van der Waals surface area contributed by atoms with Gasteiger partial charge in [0, 0.05) is 23.9 Å². The summed E-state index contributed by atoms with van der Waals surface area (Å²) in [6.45, 7) is 0.301. The second-order valence-electron chi connectivity index (χ2n) is 4.63. The summed E-state index contributed by atoms with van der Waals surface area (Å²) in [5.41, 5.74) is 3.24. The molecule has 0 bridgehead atoms. The van der Waals surface area contributed by atoms with Crippen molar-refractivity contribution in [3.05, 3.63) is 72.2 Å². The van der Waals surface area contributed by atoms with E-state index in [1.54, 1.807) is 12.5 Å². The molecule has 2 aromatic carbocycles. The average Bonchev–Trinajstić information content (AvgIpc) is 3.01. The molecule has 0 unspecified atom stereocenters. The third kappa shape index (κ3) is 3.08. The van der Waals surface area contributed by atoms with E-state index in [1.807, 2.05) is 24.3 Å². The Morgan fingerprint density at radius 3 is 2.52 bits per heavy atom. The molecule has 0 radical (unpaired) electrons. The predicted octanol–water partition coefficient (Wildman–Crippen LogP) is 3.97. The first-order chi connectivity index (χ1) is 10.2. The molecule has 0 spiro atoms. The Balaban J connectivity index is 1.68. The molecule has 3 aromatic rings. The number of aromatic nitrogens is 2. The van der Waals surface area contributed by atoms with Crippen LogP contribution in [-0.2, 0) is 6.54 Å². The molecule has 21 heavy (non-hydrogen) atoms. The van der Waals surface area contributed by atoms with Crippen molar-refractivity contribution in [1.82, 2.24) is 9.97 Å². The van der Waals surface area contributed by atoms with Crippen molar-refractivity contribution in [2.75, 3.05) is 5.32 Å². The fourth-order valence-corrected chi connectivity index (χ4v) is 2.04. The molecule has 0 fully saturated rings. The van der Waals surface area contributed by atoms with Crippen molar-refractivity contribution < 1.29 is 8.78 Å². The molecule has 0 amide bonds. The second-order valence-corrected chi connectivity index (χ2v) is 4.63. The maximum absolute atomic E-state index is 13.5. The van der Waals surface area contributed by atoms with Crippen LogP contribution in [0.2, 0.25) is 0 Å². The quantitative estimate of drug-likeness (QED) is 0.761. The zero-order chi connectivity index (χ0) is 14.7. The highest BCUT2D eigenvalue weighted by molar-refractivity contribution is 5.61. The predicted molar refractivity (Wildman–Crippen MR) is 77.7 cm³/mol. The largest absolute Gasteiger partial charge is 0.381 e. The highest BCUT2D eigenvalue weighted by Gasteiger charge is 2.04. The minimum Gasteiger partial charge on any atom is -0.381 e. The lowest BCUT2D eigenvalue weighted by Gasteiger charge is -2.08. The van der Waals surface area contributed by atoms with Crippen molar-refractivity contribution >= 4 is 5.69 Å². The molecule has 0 saturated heterocycles. The van der Waals surface area contributed by atoms with E-state index in [0.717, 1.165) is 23.0 Å². The number of benzene rings is 2. The SMILES string of the molecule is Fc1ccc(CNc2ccc(-c3cnc[nH]3)cc2)c(F)c1. The number of hydrogen-bond donors (Lipinski definition) is 2. The summed E-state index contributed by atoms with van der Waals surface area (Å²) in [7, 11) is 0. The van der Waals surface area contributed by atoms with E-state index in [0.29, 0.717) is 12.1 Å². The molecule has 1 heterocycles. The Labute approximate surface area is 120 Å². The summed E-state index contributed by atoms with van der Waals surface area (Å²) in [5, 5.41) is 3.11. The van der Waals surface area contributed by atoms with Gasteiger partial charge in [-0.2, -0.15) is 0 Å². The Kier molecular flexibility index (Phi) is 3.64. The van der Waals surface area contributed by atoms with E-state index in [1.165, 1.54) is 12.1 Å². The molecule has 2 N–H and O–H groups in total. The minimum absolute atomic E-state index is 0.301. The first-order valence-electron chi connectivity index (χ1n) is 6.49. The Morgan fingerprint density at radius 1 is 1.05 bits per heavy atom. The first kappa shape index (κ1) is 13.3. The van der Waals surface area contributed by atoms with Gasteiger partial charge in [-0.25, -0.2) is 13.8 Å². The lowest BCUT2D eigenvalue weighted by molar-refractivity contribution is 0.574. The summed E-state index contributed by atoms with van der Waals surface area (Å²) < 4.78 is 26.3. The summed E-state index contributed by atoms with van der Waals surface area (Å²) in [6.07, 6.45) is 3.37. The van der Waals surface area contributed by atoms with E-state index < -0.39 is 11.6 Å². The van der Waals surface area contributed by atoms with Gasteiger partial charge in [0.1, 0.15) is 11.6 Å². The topological polar surface area (TPSA) is 40.7 Å². The van der Waals surface area contributed by atoms with Crippen LogP contribution < -0.4 is 5.32 Å². The lowest BCUT2D eigenvalue weighted by atomic mass is 10.1. The van der Waals surface area contributed by atoms with Crippen LogP contribution in [0.25, 0.3) is 11.3 Å². The molecule has 0 atom stereocenters. The van der Waals surface area contributed by atoms with Crippen molar-refractivity contribution in [2.45, 2.75) is 6.54 Å². The zero-order valence-electron chi connectivity index (χ0n) is 11.1. The van der Waals surface area contributed by atoms with Gasteiger partial charge >= 0.3 is 0 Å². The summed E-state index contributed by atoms with van der Waals surface area (Å²) in [5.74, 6) is -1.11. The van der Waals surface area contributed by atoms with Gasteiger partial charge in [0.2, 0.25) is 0 Å². The van der Waals surface area contributed by atoms with Gasteiger partial charge < -0.3 is 10.3 Å². The van der Waals surface area contributed by atoms with E-state index in [9.17, 15) is 8.78 Å². The minimum atomic E-state index is -0.569. The number of hydrogen-bond acceptors (Lipinski definition) is 2. The number of rotatable bonds is 4. The van der Waals surface area contributed by atoms with Crippen molar-refractivity contribution in [3.63, 3.8) is 0 Å². The van der Waals surface area contributed by atoms with Crippen LogP contribution in [0, 0.1) is 11.6 Å². The Hall–Kier alpha value is -2.69. The number of H-pyrrole nitrogens is 1. The van der Waals surface area contributed by atoms with Gasteiger partial charge in [0.15, 0.2) is 0 Å². The summed E-state index contributed by atoms with van der Waals surface area (Å²) >= 11 is 0. The van der Waals surface area contributed by atoms with Crippen molar-refractivity contribution in [2.24, 2.45) is 0 Å². The number of nitrogens with zero attached hydrogens (tertiary/aromatic N) is 1. The van der Waals surface area contributed by atoms with Gasteiger partial charge in [-0.1, -0.05) is 18.2 Å². The molecule has 5 heteroatoms. The number of nitrogens with one attached hydrogen (secondary N) is 2. The van der Waals surface area contributed by atoms with Crippen LogP contribution in [-0.4, -0.2) is 9.97 Å². The highest BCUT2D eigenvalue weighted by atomic mass is 19.1. The molecule has 0 saturated carbocycles. The van der Waals surface area contributed by atoms with E-state index >= 15 is 0 Å². The number of anilines is 1. The lowest BCUT2D eigenvalue weighted by Crippen LogP contribution is -2.02. The molecular formula is C16H13F2N3. The van der Waals surface area contributed by atoms with Crippen LogP contribution in [0.3, 0.4) is 0 Å². The van der Waals surface area contributed by atoms with Gasteiger partial charge in [-0.3, -0.25) is 0 Å². The smallest absolute Gasteiger partial charge is 0.131 e. The molecule has 3 nitrogen and oxygen atoms in total. The van der Waals surface area contributed by atoms with E-state index in [2.05, 4.69) is 15.3 Å². The second kappa shape index (κ2) is 5.75. The third-order valence-corrected chi connectivity index (χ3v) is 3.19. The fourth-order valence-electron chi connectivity index (χ4n) is 2.04. The molecule has 0 aliphatic heterocycles. The van der Waals surface area contributed by atoms with E-state index in [4.69, 9.17) is 0 Å². The van der Waals surface area contributed by atoms with Crippen LogP contribution in [0.15, 0.2) is 55.0 Å². The molecule has 1 aromatic heterocycles. The monoisotopic (exact) mass is 285 g/mol. The summed E-state index contributed by atoms with van der Waals surface area (Å²) in [4.78, 5) is 7.00. The molecule has 0 aliphatic carbocycles. The van der Waals surface area contributed by atoms with Crippen molar-refractivity contribution in [1.29, 1.82) is 0 Å². The van der Waals surface area contributed by atoms with Gasteiger partial charge in [0.25, 0.3) is 0 Å². The molecule has 0 aliphatic rings. The van der Waals surface area contributed by atoms with Crippen LogP contribution in [0.4, 0.5) is 14.5 Å². The third-order valence-electron chi connectivity index (χ3n) is 3.19. The van der Waals surface area contributed by atoms with E-state index in [-0.39, 0.29) is 0 Å². The zero-order valence-corrected chi connectivity index (χ0v) is 11.1. The highest BCUT2D eigenvalue weighted by Crippen LogP contribution is 2.19. The molecular weight excluding hydrogens is 272 g/mol. The van der Waals surface area contributed by atoms with Crippen LogP contribution >= 0.6 is 0 Å². The summed E-state index contributed by atoms with van der Waals surface area (Å²) in [6, 6.07) is 11.3. The van der Waals surface area contributed by atoms with Crippen molar-refractivity contribution in [3.8, 4) is 11.3 Å². The number of aromatic amines is 1. The first-order valence-corrected chi connectivity index (χ1v) is 6.49. The molecule has 3 rings (SSSR count). The Bertz CT molecular complexity index is 722. The van der Waals surface area contributed by atoms with Crippen LogP contribution in [0.5, 0.6) is 0 Å². The maximum Gasteiger partial charge on any atom is 0.131 e. The standard InChI is InChI=1S/C16H13F2N3/c17-13-4-1-12(15(18)7-13)8-20-14-5-2-11(3-6-14)16-9-19-10-21-16/h1-7,9-10,20H,8H2,(H,19,21). The average molecular weight is 285 g/mol. The maximum atomic E-state index is 13.5.